The Kier molecular flexibility index (Phi) is 5.62. The van der Waals surface area contributed by atoms with Crippen LogP contribution in [-0.4, -0.2) is 47.8 Å². The lowest BCUT2D eigenvalue weighted by Gasteiger charge is -2.35. The number of piperazine rings is 1. The van der Waals surface area contributed by atoms with Gasteiger partial charge in [-0.15, -0.1) is 0 Å². The molecule has 4 nitrogen and oxygen atoms in total. The summed E-state index contributed by atoms with van der Waals surface area (Å²) in [6.07, 6.45) is 1.83. The molecule has 1 aromatic rings. The molecule has 2 amide bonds. The third-order valence-electron chi connectivity index (χ3n) is 3.69. The Morgan fingerprint density at radius 1 is 1.10 bits per heavy atom. The molecule has 114 valence electrons. The molecule has 1 fully saturated rings. The summed E-state index contributed by atoms with van der Waals surface area (Å²) < 4.78 is 0. The second-order valence-electron chi connectivity index (χ2n) is 5.32. The topological polar surface area (TPSA) is 40.6 Å². The molecule has 0 unspecified atom stereocenters. The van der Waals surface area contributed by atoms with Crippen molar-refractivity contribution in [3.63, 3.8) is 0 Å². The van der Waals surface area contributed by atoms with E-state index in [1.54, 1.807) is 6.07 Å². The zero-order valence-electron chi connectivity index (χ0n) is 12.3. The molecular weight excluding hydrogens is 288 g/mol. The molecule has 0 spiro atoms. The lowest BCUT2D eigenvalue weighted by molar-refractivity contribution is -0.139. The molecule has 21 heavy (non-hydrogen) atoms. The summed E-state index contributed by atoms with van der Waals surface area (Å²) >= 11 is 5.93. The quantitative estimate of drug-likeness (QED) is 0.856. The first-order valence-electron chi connectivity index (χ1n) is 7.40. The third-order valence-corrected chi connectivity index (χ3v) is 3.93. The fourth-order valence-corrected chi connectivity index (χ4v) is 2.72. The van der Waals surface area contributed by atoms with Crippen molar-refractivity contribution >= 4 is 23.4 Å². The Morgan fingerprint density at radius 2 is 1.71 bits per heavy atom. The predicted octanol–water partition coefficient (Wildman–Crippen LogP) is 2.35. The van der Waals surface area contributed by atoms with E-state index in [0.717, 1.165) is 12.0 Å². The van der Waals surface area contributed by atoms with Crippen LogP contribution in [0.4, 0.5) is 0 Å². The highest BCUT2D eigenvalue weighted by Gasteiger charge is 2.23. The Balaban J connectivity index is 1.84. The number of rotatable bonds is 4. The second kappa shape index (κ2) is 7.46. The SMILES string of the molecule is CCCC(=O)N1CCN(C(=O)Cc2cccc(Cl)c2)CC1. The largest absolute Gasteiger partial charge is 0.339 e. The average Bonchev–Trinajstić information content (AvgIpc) is 2.47. The van der Waals surface area contributed by atoms with Crippen LogP contribution in [0.2, 0.25) is 5.02 Å². The number of nitrogens with zero attached hydrogens (tertiary/aromatic N) is 2. The molecule has 0 atom stereocenters. The molecule has 0 N–H and O–H groups in total. The van der Waals surface area contributed by atoms with Gasteiger partial charge in [-0.1, -0.05) is 30.7 Å². The van der Waals surface area contributed by atoms with E-state index < -0.39 is 0 Å². The first-order valence-corrected chi connectivity index (χ1v) is 7.78. The van der Waals surface area contributed by atoms with Gasteiger partial charge < -0.3 is 9.80 Å². The molecular formula is C16H21ClN2O2. The smallest absolute Gasteiger partial charge is 0.227 e. The van der Waals surface area contributed by atoms with Gasteiger partial charge in [-0.05, 0) is 24.1 Å². The Labute approximate surface area is 130 Å². The molecule has 1 aromatic carbocycles. The summed E-state index contributed by atoms with van der Waals surface area (Å²) in [5.41, 5.74) is 0.928. The number of carbonyl (C=O) groups is 2. The first kappa shape index (κ1) is 15.8. The number of amides is 2. The Hall–Kier alpha value is -1.55. The maximum absolute atomic E-state index is 12.3. The van der Waals surface area contributed by atoms with Crippen LogP contribution in [0.5, 0.6) is 0 Å². The molecule has 0 bridgehead atoms. The normalized spacial score (nSPS) is 15.1. The highest BCUT2D eigenvalue weighted by Crippen LogP contribution is 2.13. The van der Waals surface area contributed by atoms with Crippen molar-refractivity contribution in [2.45, 2.75) is 26.2 Å². The minimum absolute atomic E-state index is 0.0971. The highest BCUT2D eigenvalue weighted by atomic mass is 35.5. The highest BCUT2D eigenvalue weighted by molar-refractivity contribution is 6.30. The van der Waals surface area contributed by atoms with E-state index in [2.05, 4.69) is 0 Å². The fourth-order valence-electron chi connectivity index (χ4n) is 2.51. The van der Waals surface area contributed by atoms with Crippen LogP contribution in [-0.2, 0) is 16.0 Å². The van der Waals surface area contributed by atoms with Gasteiger partial charge in [0.1, 0.15) is 0 Å². The molecule has 0 radical (unpaired) electrons. The number of hydrogen-bond donors (Lipinski definition) is 0. The number of benzene rings is 1. The van der Waals surface area contributed by atoms with Crippen molar-refractivity contribution in [2.75, 3.05) is 26.2 Å². The molecule has 1 aliphatic rings. The van der Waals surface area contributed by atoms with E-state index >= 15 is 0 Å². The van der Waals surface area contributed by atoms with Crippen molar-refractivity contribution in [1.82, 2.24) is 9.80 Å². The summed E-state index contributed by atoms with van der Waals surface area (Å²) in [6.45, 7) is 4.52. The number of carbonyl (C=O) groups excluding carboxylic acids is 2. The van der Waals surface area contributed by atoms with Gasteiger partial charge >= 0.3 is 0 Å². The second-order valence-corrected chi connectivity index (χ2v) is 5.75. The minimum Gasteiger partial charge on any atom is -0.339 e. The molecule has 1 saturated heterocycles. The van der Waals surface area contributed by atoms with Gasteiger partial charge in [0.15, 0.2) is 0 Å². The van der Waals surface area contributed by atoms with Crippen molar-refractivity contribution in [2.24, 2.45) is 0 Å². The summed E-state index contributed by atoms with van der Waals surface area (Å²) in [6, 6.07) is 7.38. The van der Waals surface area contributed by atoms with E-state index in [4.69, 9.17) is 11.6 Å². The van der Waals surface area contributed by atoms with Crippen LogP contribution in [0, 0.1) is 0 Å². The maximum Gasteiger partial charge on any atom is 0.227 e. The van der Waals surface area contributed by atoms with Crippen molar-refractivity contribution in [3.8, 4) is 0 Å². The minimum atomic E-state index is 0.0971. The summed E-state index contributed by atoms with van der Waals surface area (Å²) in [4.78, 5) is 27.8. The van der Waals surface area contributed by atoms with E-state index in [1.807, 2.05) is 34.9 Å². The molecule has 5 heteroatoms. The van der Waals surface area contributed by atoms with Gasteiger partial charge in [0.25, 0.3) is 0 Å². The third kappa shape index (κ3) is 4.46. The summed E-state index contributed by atoms with van der Waals surface area (Å²) in [5, 5.41) is 0.648. The zero-order valence-corrected chi connectivity index (χ0v) is 13.1. The number of halogens is 1. The summed E-state index contributed by atoms with van der Waals surface area (Å²) in [5.74, 6) is 0.291. The van der Waals surface area contributed by atoms with Gasteiger partial charge in [-0.25, -0.2) is 0 Å². The molecule has 0 aromatic heterocycles. The lowest BCUT2D eigenvalue weighted by atomic mass is 10.1. The van der Waals surface area contributed by atoms with E-state index in [0.29, 0.717) is 44.0 Å². The van der Waals surface area contributed by atoms with E-state index in [-0.39, 0.29) is 11.8 Å². The van der Waals surface area contributed by atoms with Gasteiger partial charge in [-0.2, -0.15) is 0 Å². The predicted molar refractivity (Wildman–Crippen MR) is 83.2 cm³/mol. The van der Waals surface area contributed by atoms with Crippen LogP contribution < -0.4 is 0 Å². The van der Waals surface area contributed by atoms with Gasteiger partial charge in [0, 0.05) is 37.6 Å². The monoisotopic (exact) mass is 308 g/mol. The van der Waals surface area contributed by atoms with Crippen LogP contribution in [0.3, 0.4) is 0 Å². The summed E-state index contributed by atoms with van der Waals surface area (Å²) in [7, 11) is 0. The van der Waals surface area contributed by atoms with Crippen LogP contribution >= 0.6 is 11.6 Å². The van der Waals surface area contributed by atoms with Crippen LogP contribution in [0.25, 0.3) is 0 Å². The van der Waals surface area contributed by atoms with Gasteiger partial charge in [-0.3, -0.25) is 9.59 Å². The van der Waals surface area contributed by atoms with Crippen molar-refractivity contribution in [1.29, 1.82) is 0 Å². The number of hydrogen-bond acceptors (Lipinski definition) is 2. The average molecular weight is 309 g/mol. The Bertz CT molecular complexity index is 511. The molecule has 1 heterocycles. The van der Waals surface area contributed by atoms with Crippen molar-refractivity contribution < 1.29 is 9.59 Å². The zero-order chi connectivity index (χ0) is 15.2. The van der Waals surface area contributed by atoms with E-state index in [9.17, 15) is 9.59 Å². The first-order chi connectivity index (χ1) is 10.1. The van der Waals surface area contributed by atoms with Crippen LogP contribution in [0.15, 0.2) is 24.3 Å². The van der Waals surface area contributed by atoms with Crippen molar-refractivity contribution in [3.05, 3.63) is 34.9 Å². The Morgan fingerprint density at radius 3 is 2.29 bits per heavy atom. The van der Waals surface area contributed by atoms with Gasteiger partial charge in [0.05, 0.1) is 6.42 Å². The fraction of sp³-hybridized carbons (Fsp3) is 0.500. The molecule has 0 aliphatic carbocycles. The molecule has 2 rings (SSSR count). The lowest BCUT2D eigenvalue weighted by Crippen LogP contribution is -2.50. The standard InChI is InChI=1S/C16H21ClN2O2/c1-2-4-15(20)18-7-9-19(10-8-18)16(21)12-13-5-3-6-14(17)11-13/h3,5-6,11H,2,4,7-10,12H2,1H3. The van der Waals surface area contributed by atoms with Crippen LogP contribution in [0.1, 0.15) is 25.3 Å². The van der Waals surface area contributed by atoms with E-state index in [1.165, 1.54) is 0 Å². The molecule has 1 aliphatic heterocycles. The maximum atomic E-state index is 12.3. The van der Waals surface area contributed by atoms with Gasteiger partial charge in [0.2, 0.25) is 11.8 Å². The molecule has 0 saturated carbocycles.